The lowest BCUT2D eigenvalue weighted by atomic mass is 9.92. The summed E-state index contributed by atoms with van der Waals surface area (Å²) in [6, 6.07) is 0. The Morgan fingerprint density at radius 3 is 2.31 bits per heavy atom. The van der Waals surface area contributed by atoms with E-state index in [4.69, 9.17) is 4.74 Å². The Morgan fingerprint density at radius 1 is 1.23 bits per heavy atom. The molecule has 0 aromatic carbocycles. The molecular weight excluding hydrogens is 166 g/mol. The van der Waals surface area contributed by atoms with Gasteiger partial charge in [0.15, 0.2) is 6.21 Å². The van der Waals surface area contributed by atoms with Crippen LogP contribution in [0.2, 0.25) is 0 Å². The fourth-order valence-electron chi connectivity index (χ4n) is 2.39. The van der Waals surface area contributed by atoms with E-state index in [1.165, 1.54) is 6.42 Å². The van der Waals surface area contributed by atoms with Gasteiger partial charge < -0.3 is 9.94 Å². The van der Waals surface area contributed by atoms with E-state index in [1.807, 2.05) is 13.8 Å². The molecule has 2 aliphatic rings. The lowest BCUT2D eigenvalue weighted by Crippen LogP contribution is -2.41. The van der Waals surface area contributed by atoms with Gasteiger partial charge in [-0.2, -0.15) is 4.74 Å². The first-order valence-electron chi connectivity index (χ1n) is 5.07. The lowest BCUT2D eigenvalue weighted by Gasteiger charge is -2.31. The van der Waals surface area contributed by atoms with Crippen LogP contribution in [0.4, 0.5) is 0 Å². The first-order valence-corrected chi connectivity index (χ1v) is 5.07. The van der Waals surface area contributed by atoms with Crippen LogP contribution in [0.25, 0.3) is 0 Å². The van der Waals surface area contributed by atoms with Gasteiger partial charge in [0, 0.05) is 12.8 Å². The maximum atomic E-state index is 11.7. The molecule has 2 rings (SSSR count). The molecule has 0 bridgehead atoms. The Morgan fingerprint density at radius 2 is 1.85 bits per heavy atom. The van der Waals surface area contributed by atoms with E-state index in [0.29, 0.717) is 0 Å². The van der Waals surface area contributed by atoms with Gasteiger partial charge in [-0.15, -0.1) is 0 Å². The molecule has 3 heteroatoms. The average molecular weight is 183 g/mol. The highest BCUT2D eigenvalue weighted by Gasteiger charge is 2.51. The van der Waals surface area contributed by atoms with Crippen LogP contribution < -0.4 is 0 Å². The number of rotatable bonds is 0. The molecule has 0 radical (unpaired) electrons. The molecule has 1 spiro atoms. The molecule has 1 saturated carbocycles. The van der Waals surface area contributed by atoms with E-state index >= 15 is 0 Å². The topological polar surface area (TPSA) is 35.3 Å². The van der Waals surface area contributed by atoms with Crippen LogP contribution in [0.15, 0.2) is 0 Å². The number of ether oxygens (including phenoxy) is 1. The van der Waals surface area contributed by atoms with Crippen LogP contribution in [-0.4, -0.2) is 22.3 Å². The van der Waals surface area contributed by atoms with E-state index in [-0.39, 0.29) is 5.60 Å². The van der Waals surface area contributed by atoms with Crippen LogP contribution in [0.3, 0.4) is 0 Å². The Bertz CT molecular complexity index is 239. The SMILES string of the molecule is CC1(C)C=[N+]([O-])C2(CCCCC2)O1. The Kier molecular flexibility index (Phi) is 1.88. The predicted molar refractivity (Wildman–Crippen MR) is 50.7 cm³/mol. The fourth-order valence-corrected chi connectivity index (χ4v) is 2.39. The van der Waals surface area contributed by atoms with Crippen molar-refractivity contribution in [3.8, 4) is 0 Å². The van der Waals surface area contributed by atoms with E-state index in [9.17, 15) is 5.21 Å². The third-order valence-corrected chi connectivity index (χ3v) is 2.92. The minimum absolute atomic E-state index is 0.376. The average Bonchev–Trinajstić information content (AvgIpc) is 2.23. The van der Waals surface area contributed by atoms with Gasteiger partial charge in [-0.25, -0.2) is 0 Å². The van der Waals surface area contributed by atoms with Crippen molar-refractivity contribution in [1.82, 2.24) is 0 Å². The van der Waals surface area contributed by atoms with Crippen molar-refractivity contribution >= 4 is 6.21 Å². The van der Waals surface area contributed by atoms with Crippen molar-refractivity contribution in [1.29, 1.82) is 0 Å². The second kappa shape index (κ2) is 2.71. The number of hydroxylamine groups is 1. The quantitative estimate of drug-likeness (QED) is 0.425. The summed E-state index contributed by atoms with van der Waals surface area (Å²) >= 11 is 0. The molecule has 1 aliphatic carbocycles. The summed E-state index contributed by atoms with van der Waals surface area (Å²) in [5.74, 6) is 0. The molecule has 13 heavy (non-hydrogen) atoms. The molecule has 1 heterocycles. The van der Waals surface area contributed by atoms with Crippen LogP contribution in [0.5, 0.6) is 0 Å². The molecule has 0 aromatic heterocycles. The molecule has 0 unspecified atom stereocenters. The third-order valence-electron chi connectivity index (χ3n) is 2.92. The van der Waals surface area contributed by atoms with Crippen molar-refractivity contribution < 1.29 is 9.48 Å². The Hall–Kier alpha value is -0.570. The molecule has 0 N–H and O–H groups in total. The van der Waals surface area contributed by atoms with Crippen molar-refractivity contribution in [2.45, 2.75) is 57.3 Å². The highest BCUT2D eigenvalue weighted by Crippen LogP contribution is 2.38. The van der Waals surface area contributed by atoms with Gasteiger partial charge in [-0.3, -0.25) is 0 Å². The monoisotopic (exact) mass is 183 g/mol. The van der Waals surface area contributed by atoms with Crippen molar-refractivity contribution in [2.75, 3.05) is 0 Å². The zero-order valence-electron chi connectivity index (χ0n) is 8.38. The Balaban J connectivity index is 2.21. The zero-order chi connectivity index (χ0) is 9.53. The molecule has 0 atom stereocenters. The van der Waals surface area contributed by atoms with E-state index in [1.54, 1.807) is 6.21 Å². The van der Waals surface area contributed by atoms with Gasteiger partial charge in [0.05, 0.1) is 0 Å². The molecule has 0 saturated heterocycles. The molecule has 74 valence electrons. The smallest absolute Gasteiger partial charge is 0.277 e. The van der Waals surface area contributed by atoms with Gasteiger partial charge in [0.25, 0.3) is 5.72 Å². The summed E-state index contributed by atoms with van der Waals surface area (Å²) in [4.78, 5) is 0. The molecule has 0 amide bonds. The summed E-state index contributed by atoms with van der Waals surface area (Å²) in [6.07, 6.45) is 6.90. The molecule has 0 aromatic rings. The number of hydrogen-bond acceptors (Lipinski definition) is 2. The summed E-state index contributed by atoms with van der Waals surface area (Å²) < 4.78 is 6.90. The first kappa shape index (κ1) is 9.00. The summed E-state index contributed by atoms with van der Waals surface area (Å²) in [7, 11) is 0. The third kappa shape index (κ3) is 1.46. The predicted octanol–water partition coefficient (Wildman–Crippen LogP) is 2.04. The standard InChI is InChI=1S/C10H17NO2/c1-9(2)8-11(12)10(13-9)6-4-3-5-7-10/h8H,3-7H2,1-2H3. The molecule has 1 aliphatic heterocycles. The van der Waals surface area contributed by atoms with Crippen LogP contribution >= 0.6 is 0 Å². The highest BCUT2D eigenvalue weighted by atomic mass is 16.6. The van der Waals surface area contributed by atoms with E-state index < -0.39 is 5.72 Å². The Labute approximate surface area is 79.0 Å². The zero-order valence-corrected chi connectivity index (χ0v) is 8.38. The lowest BCUT2D eigenvalue weighted by molar-refractivity contribution is -0.598. The van der Waals surface area contributed by atoms with Crippen LogP contribution in [0.1, 0.15) is 46.0 Å². The molecule has 3 nitrogen and oxygen atoms in total. The maximum absolute atomic E-state index is 11.7. The van der Waals surface area contributed by atoms with Gasteiger partial charge in [-0.1, -0.05) is 6.42 Å². The first-order chi connectivity index (χ1) is 6.04. The second-order valence-corrected chi connectivity index (χ2v) is 4.67. The number of hydrogen-bond donors (Lipinski definition) is 0. The maximum Gasteiger partial charge on any atom is 0.277 e. The highest BCUT2D eigenvalue weighted by molar-refractivity contribution is 5.64. The number of nitrogens with zero attached hydrogens (tertiary/aromatic N) is 1. The van der Waals surface area contributed by atoms with Gasteiger partial charge in [0.2, 0.25) is 0 Å². The second-order valence-electron chi connectivity index (χ2n) is 4.67. The summed E-state index contributed by atoms with van der Waals surface area (Å²) in [6.45, 7) is 3.89. The van der Waals surface area contributed by atoms with Gasteiger partial charge >= 0.3 is 0 Å². The summed E-state index contributed by atoms with van der Waals surface area (Å²) in [5.41, 5.74) is -0.888. The minimum atomic E-state index is -0.512. The minimum Gasteiger partial charge on any atom is -0.622 e. The van der Waals surface area contributed by atoms with E-state index in [0.717, 1.165) is 30.4 Å². The molecular formula is C10H17NO2. The van der Waals surface area contributed by atoms with Crippen molar-refractivity contribution in [2.24, 2.45) is 0 Å². The normalized spacial score (nSPS) is 30.5. The fraction of sp³-hybridized carbons (Fsp3) is 0.900. The van der Waals surface area contributed by atoms with Crippen molar-refractivity contribution in [3.05, 3.63) is 5.21 Å². The van der Waals surface area contributed by atoms with Crippen LogP contribution in [-0.2, 0) is 4.74 Å². The van der Waals surface area contributed by atoms with Crippen molar-refractivity contribution in [3.63, 3.8) is 0 Å². The van der Waals surface area contributed by atoms with Gasteiger partial charge in [-0.05, 0) is 26.7 Å². The van der Waals surface area contributed by atoms with E-state index in [2.05, 4.69) is 0 Å². The van der Waals surface area contributed by atoms with Crippen LogP contribution in [0, 0.1) is 5.21 Å². The summed E-state index contributed by atoms with van der Waals surface area (Å²) in [5, 5.41) is 11.7. The largest absolute Gasteiger partial charge is 0.622 e. The van der Waals surface area contributed by atoms with Gasteiger partial charge in [0.1, 0.15) is 5.60 Å². The molecule has 1 fully saturated rings.